The highest BCUT2D eigenvalue weighted by molar-refractivity contribution is 6.39. The monoisotopic (exact) mass is 488 g/mol. The molecule has 3 amide bonds. The number of nitrogens with zero attached hydrogens (tertiary/aromatic N) is 1. The quantitative estimate of drug-likeness (QED) is 0.241. The van der Waals surface area contributed by atoms with Gasteiger partial charge in [-0.1, -0.05) is 6.07 Å². The zero-order valence-electron chi connectivity index (χ0n) is 20.3. The molecule has 9 heteroatoms. The predicted molar refractivity (Wildman–Crippen MR) is 138 cm³/mol. The van der Waals surface area contributed by atoms with Gasteiger partial charge >= 0.3 is 11.8 Å². The van der Waals surface area contributed by atoms with Gasteiger partial charge in [-0.15, -0.1) is 0 Å². The fraction of sp³-hybridized carbons (Fsp3) is 0.185. The SMILES string of the molecule is CCOc1ccc(NC(=O)COc2ccc(/C=N\NC(=O)C(=O)Nc3ccc(C)c(C)c3)cc2)cc1. The normalized spacial score (nSPS) is 10.5. The number of nitrogens with one attached hydrogen (secondary N) is 3. The van der Waals surface area contributed by atoms with Crippen LogP contribution >= 0.6 is 0 Å². The van der Waals surface area contributed by atoms with Crippen molar-refractivity contribution in [2.75, 3.05) is 23.8 Å². The number of hydrazone groups is 1. The summed E-state index contributed by atoms with van der Waals surface area (Å²) in [6, 6.07) is 19.2. The number of hydrogen-bond acceptors (Lipinski definition) is 6. The minimum absolute atomic E-state index is 0.160. The van der Waals surface area contributed by atoms with Crippen molar-refractivity contribution < 1.29 is 23.9 Å². The Morgan fingerprint density at radius 2 is 1.42 bits per heavy atom. The van der Waals surface area contributed by atoms with Crippen molar-refractivity contribution >= 4 is 35.3 Å². The summed E-state index contributed by atoms with van der Waals surface area (Å²) < 4.78 is 10.9. The van der Waals surface area contributed by atoms with Crippen molar-refractivity contribution in [1.29, 1.82) is 0 Å². The van der Waals surface area contributed by atoms with Gasteiger partial charge in [-0.3, -0.25) is 14.4 Å². The molecular weight excluding hydrogens is 460 g/mol. The van der Waals surface area contributed by atoms with Gasteiger partial charge in [0.15, 0.2) is 6.61 Å². The number of carbonyl (C=O) groups excluding carboxylic acids is 3. The molecule has 0 unspecified atom stereocenters. The molecule has 0 aliphatic rings. The highest BCUT2D eigenvalue weighted by atomic mass is 16.5. The molecule has 3 rings (SSSR count). The summed E-state index contributed by atoms with van der Waals surface area (Å²) in [7, 11) is 0. The molecule has 9 nitrogen and oxygen atoms in total. The molecule has 3 aromatic rings. The lowest BCUT2D eigenvalue weighted by atomic mass is 10.1. The third-order valence-corrected chi connectivity index (χ3v) is 5.05. The molecule has 0 bridgehead atoms. The number of amides is 3. The Bertz CT molecular complexity index is 1240. The number of hydrogen-bond donors (Lipinski definition) is 3. The highest BCUT2D eigenvalue weighted by Gasteiger charge is 2.13. The highest BCUT2D eigenvalue weighted by Crippen LogP contribution is 2.16. The smallest absolute Gasteiger partial charge is 0.329 e. The first-order valence-corrected chi connectivity index (χ1v) is 11.3. The van der Waals surface area contributed by atoms with Crippen LogP contribution in [0.2, 0.25) is 0 Å². The van der Waals surface area contributed by atoms with Gasteiger partial charge in [0, 0.05) is 11.4 Å². The van der Waals surface area contributed by atoms with Crippen LogP contribution in [-0.4, -0.2) is 37.1 Å². The Hall–Kier alpha value is -4.66. The summed E-state index contributed by atoms with van der Waals surface area (Å²) in [4.78, 5) is 36.1. The first kappa shape index (κ1) is 26.0. The molecule has 0 radical (unpaired) electrons. The van der Waals surface area contributed by atoms with Crippen molar-refractivity contribution in [2.24, 2.45) is 5.10 Å². The third-order valence-electron chi connectivity index (χ3n) is 5.05. The summed E-state index contributed by atoms with van der Waals surface area (Å²) in [6.07, 6.45) is 1.39. The lowest BCUT2D eigenvalue weighted by Gasteiger charge is -2.09. The summed E-state index contributed by atoms with van der Waals surface area (Å²) in [6.45, 7) is 6.20. The van der Waals surface area contributed by atoms with Gasteiger partial charge in [0.05, 0.1) is 12.8 Å². The molecule has 0 fully saturated rings. The van der Waals surface area contributed by atoms with Crippen molar-refractivity contribution in [1.82, 2.24) is 5.43 Å². The van der Waals surface area contributed by atoms with Crippen LogP contribution in [0.15, 0.2) is 71.8 Å². The molecule has 0 aliphatic carbocycles. The molecule has 3 aromatic carbocycles. The molecular formula is C27H28N4O5. The van der Waals surface area contributed by atoms with E-state index in [9.17, 15) is 14.4 Å². The van der Waals surface area contributed by atoms with E-state index in [0.717, 1.165) is 16.9 Å². The van der Waals surface area contributed by atoms with Crippen LogP contribution in [0.4, 0.5) is 11.4 Å². The van der Waals surface area contributed by atoms with E-state index in [-0.39, 0.29) is 12.5 Å². The molecule has 0 aromatic heterocycles. The van der Waals surface area contributed by atoms with Crippen molar-refractivity contribution in [3.63, 3.8) is 0 Å². The number of aryl methyl sites for hydroxylation is 2. The zero-order valence-corrected chi connectivity index (χ0v) is 20.3. The summed E-state index contributed by atoms with van der Waals surface area (Å²) in [5, 5.41) is 9.08. The van der Waals surface area contributed by atoms with Crippen LogP contribution in [0.1, 0.15) is 23.6 Å². The first-order chi connectivity index (χ1) is 17.3. The zero-order chi connectivity index (χ0) is 25.9. The fourth-order valence-corrected chi connectivity index (χ4v) is 3.02. The van der Waals surface area contributed by atoms with Gasteiger partial charge in [-0.05, 0) is 98.1 Å². The van der Waals surface area contributed by atoms with Crippen LogP contribution in [0.3, 0.4) is 0 Å². The van der Waals surface area contributed by atoms with Crippen LogP contribution in [-0.2, 0) is 14.4 Å². The van der Waals surface area contributed by atoms with Crippen molar-refractivity contribution in [3.05, 3.63) is 83.4 Å². The summed E-state index contributed by atoms with van der Waals surface area (Å²) >= 11 is 0. The van der Waals surface area contributed by atoms with Gasteiger partial charge in [0.2, 0.25) is 0 Å². The maximum Gasteiger partial charge on any atom is 0.329 e. The van der Waals surface area contributed by atoms with Crippen molar-refractivity contribution in [3.8, 4) is 11.5 Å². The molecule has 0 heterocycles. The van der Waals surface area contributed by atoms with E-state index in [2.05, 4.69) is 21.2 Å². The maximum absolute atomic E-state index is 12.1. The number of benzene rings is 3. The van der Waals surface area contributed by atoms with Crippen LogP contribution in [0.5, 0.6) is 11.5 Å². The van der Waals surface area contributed by atoms with Gasteiger partial charge in [0.25, 0.3) is 5.91 Å². The second-order valence-corrected chi connectivity index (χ2v) is 7.82. The predicted octanol–water partition coefficient (Wildman–Crippen LogP) is 3.81. The Kier molecular flexibility index (Phi) is 9.16. The Balaban J connectivity index is 1.42. The second kappa shape index (κ2) is 12.7. The van der Waals surface area contributed by atoms with E-state index in [1.165, 1.54) is 6.21 Å². The topological polar surface area (TPSA) is 118 Å². The number of anilines is 2. The molecule has 186 valence electrons. The number of ether oxygens (including phenoxy) is 2. The summed E-state index contributed by atoms with van der Waals surface area (Å²) in [5.41, 5.74) is 6.13. The Labute approximate surface area is 209 Å². The van der Waals surface area contributed by atoms with Gasteiger partial charge in [-0.2, -0.15) is 5.10 Å². The lowest BCUT2D eigenvalue weighted by Crippen LogP contribution is -2.32. The number of rotatable bonds is 9. The van der Waals surface area contributed by atoms with Gasteiger partial charge < -0.3 is 20.1 Å². The van der Waals surface area contributed by atoms with E-state index >= 15 is 0 Å². The number of carbonyl (C=O) groups is 3. The van der Waals surface area contributed by atoms with Gasteiger partial charge in [0.1, 0.15) is 11.5 Å². The third kappa shape index (κ3) is 7.98. The maximum atomic E-state index is 12.1. The summed E-state index contributed by atoms with van der Waals surface area (Å²) in [5.74, 6) is -0.779. The van der Waals surface area contributed by atoms with Crippen molar-refractivity contribution in [2.45, 2.75) is 20.8 Å². The minimum Gasteiger partial charge on any atom is -0.494 e. The first-order valence-electron chi connectivity index (χ1n) is 11.3. The van der Waals surface area contributed by atoms with E-state index in [1.807, 2.05) is 26.8 Å². The largest absolute Gasteiger partial charge is 0.494 e. The van der Waals surface area contributed by atoms with E-state index < -0.39 is 11.8 Å². The fourth-order valence-electron chi connectivity index (χ4n) is 3.02. The average molecular weight is 489 g/mol. The average Bonchev–Trinajstić information content (AvgIpc) is 2.87. The van der Waals surface area contributed by atoms with Crippen LogP contribution < -0.4 is 25.5 Å². The molecule has 0 saturated carbocycles. The molecule has 0 saturated heterocycles. The molecule has 0 spiro atoms. The van der Waals surface area contributed by atoms with Crippen LogP contribution in [0.25, 0.3) is 0 Å². The molecule has 0 atom stereocenters. The van der Waals surface area contributed by atoms with Gasteiger partial charge in [-0.25, -0.2) is 5.43 Å². The van der Waals surface area contributed by atoms with Crippen LogP contribution in [0, 0.1) is 13.8 Å². The Morgan fingerprint density at radius 1 is 0.778 bits per heavy atom. The second-order valence-electron chi connectivity index (χ2n) is 7.82. The van der Waals surface area contributed by atoms with E-state index in [4.69, 9.17) is 9.47 Å². The lowest BCUT2D eigenvalue weighted by molar-refractivity contribution is -0.136. The molecule has 0 aliphatic heterocycles. The van der Waals surface area contributed by atoms with E-state index in [0.29, 0.717) is 29.3 Å². The molecule has 36 heavy (non-hydrogen) atoms. The molecule has 3 N–H and O–H groups in total. The standard InChI is InChI=1S/C27H28N4O5/c1-4-35-23-13-9-21(10-14-23)29-25(32)17-36-24-11-6-20(7-12-24)16-28-31-27(34)26(33)30-22-8-5-18(2)19(3)15-22/h5-16H,4,17H2,1-3H3,(H,29,32)(H,30,33)(H,31,34)/b28-16-. The Morgan fingerprint density at radius 3 is 2.08 bits per heavy atom. The minimum atomic E-state index is -0.886. The van der Waals surface area contributed by atoms with E-state index in [1.54, 1.807) is 60.7 Å².